The van der Waals surface area contributed by atoms with Gasteiger partial charge in [-0.2, -0.15) is 0 Å². The summed E-state index contributed by atoms with van der Waals surface area (Å²) in [6.07, 6.45) is 2.25. The lowest BCUT2D eigenvalue weighted by Gasteiger charge is -2.15. The Bertz CT molecular complexity index is 842. The normalized spacial score (nSPS) is 10.3. The molecule has 0 fully saturated rings. The van der Waals surface area contributed by atoms with Crippen LogP contribution < -0.4 is 9.26 Å². The van der Waals surface area contributed by atoms with Crippen molar-refractivity contribution in [3.05, 3.63) is 89.5 Å². The number of non-ortho nitro benzene ring substituents is 1. The number of benzene rings is 2. The minimum Gasteiger partial charge on any atom is -0.429 e. The van der Waals surface area contributed by atoms with E-state index in [1.807, 2.05) is 0 Å². The lowest BCUT2D eigenvalue weighted by Crippen LogP contribution is -2.10. The fourth-order valence-corrected chi connectivity index (χ4v) is 2.88. The van der Waals surface area contributed by atoms with Gasteiger partial charge < -0.3 is 14.0 Å². The van der Waals surface area contributed by atoms with E-state index in [0.717, 1.165) is 0 Å². The summed E-state index contributed by atoms with van der Waals surface area (Å²) >= 11 is 0. The number of hydrogen-bond acceptors (Lipinski definition) is 8. The first-order valence-corrected chi connectivity index (χ1v) is 9.75. The maximum Gasteiger partial charge on any atom is 0.514 e. The van der Waals surface area contributed by atoms with E-state index in [2.05, 4.69) is 13.2 Å². The Balaban J connectivity index is 1.82. The predicted molar refractivity (Wildman–Crippen MR) is 110 cm³/mol. The van der Waals surface area contributed by atoms with E-state index in [9.17, 15) is 14.9 Å². The van der Waals surface area contributed by atoms with Gasteiger partial charge in [0, 0.05) is 12.1 Å². The largest absolute Gasteiger partial charge is 0.514 e. The first-order valence-electron chi connectivity index (χ1n) is 8.65. The summed E-state index contributed by atoms with van der Waals surface area (Å²) < 4.78 is 26.5. The molecule has 0 N–H and O–H groups in total. The molecule has 0 unspecified atom stereocenters. The van der Waals surface area contributed by atoms with Crippen LogP contribution in [0.4, 0.5) is 10.5 Å². The SMILES string of the molecule is C=CCOP(OCC=C)Oc1ccc(COC(=O)Oc2ccc([N+](=O)[O-])cc2)cc1. The Morgan fingerprint density at radius 2 is 1.53 bits per heavy atom. The second-order valence-electron chi connectivity index (χ2n) is 5.52. The Morgan fingerprint density at radius 1 is 0.967 bits per heavy atom. The summed E-state index contributed by atoms with van der Waals surface area (Å²) in [6, 6.07) is 11.9. The van der Waals surface area contributed by atoms with Crippen molar-refractivity contribution in [1.29, 1.82) is 0 Å². The molecule has 0 saturated heterocycles. The number of carbonyl (C=O) groups is 1. The van der Waals surface area contributed by atoms with Crippen molar-refractivity contribution >= 4 is 20.4 Å². The zero-order valence-electron chi connectivity index (χ0n) is 16.0. The first-order chi connectivity index (χ1) is 14.5. The van der Waals surface area contributed by atoms with Gasteiger partial charge >= 0.3 is 14.8 Å². The number of carbonyl (C=O) groups excluding carboxylic acids is 1. The van der Waals surface area contributed by atoms with Gasteiger partial charge in [-0.15, -0.1) is 13.2 Å². The van der Waals surface area contributed by atoms with Gasteiger partial charge in [-0.3, -0.25) is 19.2 Å². The van der Waals surface area contributed by atoms with Crippen molar-refractivity contribution in [1.82, 2.24) is 0 Å². The van der Waals surface area contributed by atoms with Crippen LogP contribution in [0.1, 0.15) is 5.56 Å². The van der Waals surface area contributed by atoms with E-state index in [-0.39, 0.29) is 31.3 Å². The lowest BCUT2D eigenvalue weighted by atomic mass is 10.2. The zero-order chi connectivity index (χ0) is 21.8. The molecule has 0 bridgehead atoms. The van der Waals surface area contributed by atoms with Gasteiger partial charge in [0.15, 0.2) is 0 Å². The third kappa shape index (κ3) is 8.00. The van der Waals surface area contributed by atoms with E-state index in [1.54, 1.807) is 36.4 Å². The van der Waals surface area contributed by atoms with Gasteiger partial charge in [0.1, 0.15) is 18.1 Å². The summed E-state index contributed by atoms with van der Waals surface area (Å²) in [5, 5.41) is 10.6. The quantitative estimate of drug-likeness (QED) is 0.111. The number of nitrogens with zero attached hydrogens (tertiary/aromatic N) is 1. The third-order valence-electron chi connectivity index (χ3n) is 3.30. The molecule has 0 aliphatic carbocycles. The second-order valence-corrected chi connectivity index (χ2v) is 6.67. The highest BCUT2D eigenvalue weighted by Gasteiger charge is 2.14. The molecule has 158 valence electrons. The maximum absolute atomic E-state index is 11.8. The molecule has 0 heterocycles. The lowest BCUT2D eigenvalue weighted by molar-refractivity contribution is -0.384. The van der Waals surface area contributed by atoms with Gasteiger partial charge in [0.05, 0.1) is 18.1 Å². The highest BCUT2D eigenvalue weighted by atomic mass is 31.2. The van der Waals surface area contributed by atoms with Gasteiger partial charge in [-0.05, 0) is 29.8 Å². The number of nitro benzene ring substituents is 1. The molecule has 0 aromatic heterocycles. The monoisotopic (exact) mass is 433 g/mol. The number of rotatable bonds is 12. The molecule has 0 amide bonds. The number of ether oxygens (including phenoxy) is 2. The molecule has 2 aromatic carbocycles. The van der Waals surface area contributed by atoms with E-state index in [1.165, 1.54) is 24.3 Å². The highest BCUT2D eigenvalue weighted by Crippen LogP contribution is 2.40. The van der Waals surface area contributed by atoms with E-state index in [4.69, 9.17) is 23.0 Å². The first kappa shape index (κ1) is 23.0. The van der Waals surface area contributed by atoms with Crippen molar-refractivity contribution in [2.24, 2.45) is 0 Å². The summed E-state index contributed by atoms with van der Waals surface area (Å²) in [7, 11) is -1.60. The Kier molecular flexibility index (Phi) is 9.47. The van der Waals surface area contributed by atoms with Crippen LogP contribution in [0.2, 0.25) is 0 Å². The van der Waals surface area contributed by atoms with Gasteiger partial charge in [-0.1, -0.05) is 24.3 Å². The zero-order valence-corrected chi connectivity index (χ0v) is 16.9. The smallest absolute Gasteiger partial charge is 0.429 e. The van der Waals surface area contributed by atoms with Crippen LogP contribution in [-0.2, 0) is 20.4 Å². The summed E-state index contributed by atoms with van der Waals surface area (Å²) in [5.41, 5.74) is 0.595. The molecule has 0 aliphatic rings. The Hall–Kier alpha value is -3.26. The molecule has 0 radical (unpaired) electrons. The summed E-state index contributed by atoms with van der Waals surface area (Å²) in [5.74, 6) is 0.660. The van der Waals surface area contributed by atoms with E-state index >= 15 is 0 Å². The molecule has 0 aliphatic heterocycles. The van der Waals surface area contributed by atoms with Crippen LogP contribution in [0.15, 0.2) is 73.8 Å². The van der Waals surface area contributed by atoms with Crippen LogP contribution >= 0.6 is 8.60 Å². The number of hydrogen-bond donors (Lipinski definition) is 0. The Labute approximate surface area is 174 Å². The van der Waals surface area contributed by atoms with Crippen molar-refractivity contribution in [3.8, 4) is 11.5 Å². The minimum atomic E-state index is -1.60. The second kappa shape index (κ2) is 12.3. The van der Waals surface area contributed by atoms with E-state index in [0.29, 0.717) is 11.3 Å². The molecule has 0 atom stereocenters. The average Bonchev–Trinajstić information content (AvgIpc) is 2.75. The highest BCUT2D eigenvalue weighted by molar-refractivity contribution is 7.42. The number of nitro groups is 1. The molecular formula is C20H20NO8P. The van der Waals surface area contributed by atoms with Crippen LogP contribution in [0, 0.1) is 10.1 Å². The Morgan fingerprint density at radius 3 is 2.07 bits per heavy atom. The standard InChI is InChI=1S/C20H20NO8P/c1-3-13-26-30(27-14-4-2)29-19-9-5-16(6-10-19)15-25-20(22)28-18-11-7-17(8-12-18)21(23)24/h3-12H,1-2,13-15H2. The van der Waals surface area contributed by atoms with Crippen molar-refractivity contribution in [2.45, 2.75) is 6.61 Å². The summed E-state index contributed by atoms with van der Waals surface area (Å²) in [4.78, 5) is 21.8. The topological polar surface area (TPSA) is 106 Å². The summed E-state index contributed by atoms with van der Waals surface area (Å²) in [6.45, 7) is 7.70. The van der Waals surface area contributed by atoms with Crippen molar-refractivity contribution in [2.75, 3.05) is 13.2 Å². The van der Waals surface area contributed by atoms with Crippen LogP contribution in [0.25, 0.3) is 0 Å². The molecule has 30 heavy (non-hydrogen) atoms. The van der Waals surface area contributed by atoms with Crippen LogP contribution in [-0.4, -0.2) is 24.3 Å². The van der Waals surface area contributed by atoms with Gasteiger partial charge in [0.2, 0.25) is 0 Å². The fraction of sp³-hybridized carbons (Fsp3) is 0.150. The molecule has 2 aromatic rings. The van der Waals surface area contributed by atoms with Crippen LogP contribution in [0.3, 0.4) is 0 Å². The fourth-order valence-electron chi connectivity index (χ4n) is 1.95. The van der Waals surface area contributed by atoms with E-state index < -0.39 is 19.7 Å². The average molecular weight is 433 g/mol. The van der Waals surface area contributed by atoms with Gasteiger partial charge in [0.25, 0.3) is 5.69 Å². The van der Waals surface area contributed by atoms with Gasteiger partial charge in [-0.25, -0.2) is 4.79 Å². The third-order valence-corrected chi connectivity index (χ3v) is 4.38. The minimum absolute atomic E-state index is 0.0270. The predicted octanol–water partition coefficient (Wildman–Crippen LogP) is 5.32. The molecule has 2 rings (SSSR count). The molecule has 9 nitrogen and oxygen atoms in total. The van der Waals surface area contributed by atoms with Crippen LogP contribution in [0.5, 0.6) is 11.5 Å². The van der Waals surface area contributed by atoms with Crippen molar-refractivity contribution < 1.29 is 32.8 Å². The molecule has 0 spiro atoms. The molecule has 10 heteroatoms. The molecule has 0 saturated carbocycles. The maximum atomic E-state index is 11.8. The molecular weight excluding hydrogens is 413 g/mol. The van der Waals surface area contributed by atoms with Crippen molar-refractivity contribution in [3.63, 3.8) is 0 Å².